The van der Waals surface area contributed by atoms with E-state index in [1.54, 1.807) is 12.1 Å². The van der Waals surface area contributed by atoms with Crippen molar-refractivity contribution in [1.29, 1.82) is 0 Å². The summed E-state index contributed by atoms with van der Waals surface area (Å²) in [5.41, 5.74) is 0.621. The second-order valence-corrected chi connectivity index (χ2v) is 7.50. The van der Waals surface area contributed by atoms with E-state index in [1.807, 2.05) is 12.1 Å². The van der Waals surface area contributed by atoms with Gasteiger partial charge in [-0.05, 0) is 29.3 Å². The van der Waals surface area contributed by atoms with Crippen LogP contribution in [-0.2, 0) is 20.6 Å². The van der Waals surface area contributed by atoms with Gasteiger partial charge in [0.2, 0.25) is 11.8 Å². The van der Waals surface area contributed by atoms with E-state index in [9.17, 15) is 27.6 Å². The van der Waals surface area contributed by atoms with Crippen LogP contribution >= 0.6 is 0 Å². The molecule has 0 N–H and O–H groups in total. The van der Waals surface area contributed by atoms with Crippen molar-refractivity contribution < 1.29 is 27.6 Å². The predicted octanol–water partition coefficient (Wildman–Crippen LogP) is 3.66. The minimum Gasteiger partial charge on any atom is -0.299 e. The van der Waals surface area contributed by atoms with E-state index in [-0.39, 0.29) is 17.9 Å². The van der Waals surface area contributed by atoms with Crippen molar-refractivity contribution >= 4 is 23.3 Å². The van der Waals surface area contributed by atoms with Gasteiger partial charge in [0.15, 0.2) is 0 Å². The highest BCUT2D eigenvalue weighted by molar-refractivity contribution is 6.24. The second-order valence-electron chi connectivity index (χ2n) is 7.50. The molecule has 1 heterocycles. The Morgan fingerprint density at radius 2 is 1.54 bits per heavy atom. The van der Waals surface area contributed by atoms with Crippen LogP contribution in [0, 0.1) is 11.8 Å². The van der Waals surface area contributed by atoms with Gasteiger partial charge >= 0.3 is 6.18 Å². The SMILES string of the molecule is O=C1CC2c3ccccc3C1C1C(=O)N(c3cccc(C(F)(F)F)c3)C(=O)C21. The number of anilines is 1. The molecule has 1 saturated heterocycles. The molecule has 7 heteroatoms. The number of ketones is 1. The van der Waals surface area contributed by atoms with Crippen LogP contribution in [0.2, 0.25) is 0 Å². The number of carbonyl (C=O) groups excluding carboxylic acids is 3. The van der Waals surface area contributed by atoms with E-state index >= 15 is 0 Å². The quantitative estimate of drug-likeness (QED) is 0.704. The van der Waals surface area contributed by atoms with E-state index in [4.69, 9.17) is 0 Å². The fourth-order valence-electron chi connectivity index (χ4n) is 5.04. The first kappa shape index (κ1) is 17.2. The summed E-state index contributed by atoms with van der Waals surface area (Å²) in [5, 5.41) is 0. The lowest BCUT2D eigenvalue weighted by Crippen LogP contribution is -2.44. The van der Waals surface area contributed by atoms with Gasteiger partial charge in [0.05, 0.1) is 29.0 Å². The molecule has 2 amide bonds. The Morgan fingerprint density at radius 1 is 0.857 bits per heavy atom. The molecule has 2 bridgehead atoms. The minimum atomic E-state index is -4.58. The van der Waals surface area contributed by atoms with Crippen molar-refractivity contribution in [3.8, 4) is 0 Å². The highest BCUT2D eigenvalue weighted by atomic mass is 19.4. The topological polar surface area (TPSA) is 54.5 Å². The fraction of sp³-hybridized carbons (Fsp3) is 0.286. The van der Waals surface area contributed by atoms with Crippen molar-refractivity contribution in [2.75, 3.05) is 4.90 Å². The Labute approximate surface area is 157 Å². The lowest BCUT2D eigenvalue weighted by molar-refractivity contribution is -0.137. The van der Waals surface area contributed by atoms with Crippen LogP contribution in [0.5, 0.6) is 0 Å². The highest BCUT2D eigenvalue weighted by Crippen LogP contribution is 2.57. The maximum atomic E-state index is 13.1. The maximum absolute atomic E-state index is 13.1. The summed E-state index contributed by atoms with van der Waals surface area (Å²) in [7, 11) is 0. The zero-order valence-electron chi connectivity index (χ0n) is 14.4. The monoisotopic (exact) mass is 385 g/mol. The Kier molecular flexibility index (Phi) is 3.39. The number of fused-ring (bicyclic) bond motifs is 1. The van der Waals surface area contributed by atoms with Crippen molar-refractivity contribution in [2.45, 2.75) is 24.4 Å². The Morgan fingerprint density at radius 3 is 2.25 bits per heavy atom. The third-order valence-corrected chi connectivity index (χ3v) is 6.12. The molecule has 6 rings (SSSR count). The summed E-state index contributed by atoms with van der Waals surface area (Å²) in [5.74, 6) is -3.87. The van der Waals surface area contributed by atoms with Gasteiger partial charge in [-0.2, -0.15) is 13.2 Å². The average Bonchev–Trinajstić information content (AvgIpc) is 2.93. The molecule has 2 aromatic carbocycles. The molecule has 4 aliphatic rings. The molecule has 2 fully saturated rings. The summed E-state index contributed by atoms with van der Waals surface area (Å²) < 4.78 is 39.2. The smallest absolute Gasteiger partial charge is 0.299 e. The summed E-state index contributed by atoms with van der Waals surface area (Å²) >= 11 is 0. The largest absolute Gasteiger partial charge is 0.416 e. The first-order valence-electron chi connectivity index (χ1n) is 8.95. The number of benzene rings is 2. The van der Waals surface area contributed by atoms with E-state index in [1.165, 1.54) is 12.1 Å². The van der Waals surface area contributed by atoms with Crippen molar-refractivity contribution in [1.82, 2.24) is 0 Å². The Hall–Kier alpha value is -2.96. The molecule has 28 heavy (non-hydrogen) atoms. The standard InChI is InChI=1S/C21H14F3NO3/c22-21(23,24)10-4-3-5-11(8-10)25-19(27)17-14-9-15(26)16(18(17)20(25)28)13-7-2-1-6-12(13)14/h1-8,14,16-18H,9H2. The number of imide groups is 1. The van der Waals surface area contributed by atoms with Crippen molar-refractivity contribution in [3.05, 3.63) is 65.2 Å². The molecule has 0 aromatic heterocycles. The van der Waals surface area contributed by atoms with Gasteiger partial charge in [0.25, 0.3) is 0 Å². The Bertz CT molecular complexity index is 1050. The zero-order valence-corrected chi connectivity index (χ0v) is 14.4. The van der Waals surface area contributed by atoms with Crippen LogP contribution in [-0.4, -0.2) is 17.6 Å². The molecule has 3 aliphatic carbocycles. The van der Waals surface area contributed by atoms with Crippen LogP contribution in [0.4, 0.5) is 18.9 Å². The van der Waals surface area contributed by atoms with Crippen LogP contribution in [0.15, 0.2) is 48.5 Å². The highest BCUT2D eigenvalue weighted by Gasteiger charge is 2.62. The normalized spacial score (nSPS) is 28.5. The van der Waals surface area contributed by atoms with Crippen molar-refractivity contribution in [3.63, 3.8) is 0 Å². The van der Waals surface area contributed by atoms with Crippen LogP contribution < -0.4 is 4.90 Å². The van der Waals surface area contributed by atoms with E-state index < -0.39 is 47.2 Å². The number of hydrogen-bond acceptors (Lipinski definition) is 3. The molecule has 1 saturated carbocycles. The molecular weight excluding hydrogens is 371 g/mol. The molecule has 2 aromatic rings. The zero-order chi connectivity index (χ0) is 19.8. The summed E-state index contributed by atoms with van der Waals surface area (Å²) in [4.78, 5) is 39.7. The number of hydrogen-bond donors (Lipinski definition) is 0. The number of rotatable bonds is 1. The maximum Gasteiger partial charge on any atom is 0.416 e. The third-order valence-electron chi connectivity index (χ3n) is 6.12. The molecule has 4 nitrogen and oxygen atoms in total. The summed E-state index contributed by atoms with van der Waals surface area (Å²) in [6.07, 6.45) is -4.40. The molecule has 142 valence electrons. The fourth-order valence-corrected chi connectivity index (χ4v) is 5.04. The van der Waals surface area contributed by atoms with E-state index in [0.29, 0.717) is 0 Å². The van der Waals surface area contributed by atoms with Gasteiger partial charge in [-0.25, -0.2) is 4.90 Å². The average molecular weight is 385 g/mol. The molecule has 1 aliphatic heterocycles. The molecule has 4 atom stereocenters. The van der Waals surface area contributed by atoms with Crippen LogP contribution in [0.25, 0.3) is 0 Å². The number of nitrogens with zero attached hydrogens (tertiary/aromatic N) is 1. The first-order valence-corrected chi connectivity index (χ1v) is 8.95. The van der Waals surface area contributed by atoms with Gasteiger partial charge < -0.3 is 0 Å². The van der Waals surface area contributed by atoms with Crippen molar-refractivity contribution in [2.24, 2.45) is 11.8 Å². The molecule has 0 spiro atoms. The van der Waals surface area contributed by atoms with E-state index in [0.717, 1.165) is 28.2 Å². The van der Waals surface area contributed by atoms with E-state index in [2.05, 4.69) is 0 Å². The lowest BCUT2D eigenvalue weighted by atomic mass is 9.56. The molecule has 0 radical (unpaired) electrons. The number of halogens is 3. The molecule has 4 unspecified atom stereocenters. The van der Waals surface area contributed by atoms with Crippen LogP contribution in [0.3, 0.4) is 0 Å². The second kappa shape index (κ2) is 5.53. The lowest BCUT2D eigenvalue weighted by Gasteiger charge is -2.43. The Balaban J connectivity index is 1.62. The first-order chi connectivity index (χ1) is 13.3. The predicted molar refractivity (Wildman–Crippen MR) is 92.5 cm³/mol. The minimum absolute atomic E-state index is 0.0861. The van der Waals surface area contributed by atoms with Gasteiger partial charge in [-0.3, -0.25) is 14.4 Å². The summed E-state index contributed by atoms with van der Waals surface area (Å²) in [6, 6.07) is 11.5. The number of carbonyl (C=O) groups is 3. The van der Waals surface area contributed by atoms with Gasteiger partial charge in [-0.1, -0.05) is 30.3 Å². The van der Waals surface area contributed by atoms with Crippen LogP contribution in [0.1, 0.15) is 34.9 Å². The third kappa shape index (κ3) is 2.16. The number of Topliss-reactive ketones (excluding diaryl/α,β-unsaturated/α-hetero) is 1. The number of alkyl halides is 3. The summed E-state index contributed by atoms with van der Waals surface area (Å²) in [6.45, 7) is 0. The van der Waals surface area contributed by atoms with Gasteiger partial charge in [0, 0.05) is 12.3 Å². The molecular formula is C21H14F3NO3. The van der Waals surface area contributed by atoms with Gasteiger partial charge in [-0.15, -0.1) is 0 Å². The van der Waals surface area contributed by atoms with Gasteiger partial charge in [0.1, 0.15) is 5.78 Å². The number of amides is 2.